The molecule has 0 heterocycles. The predicted octanol–water partition coefficient (Wildman–Crippen LogP) is 0.703. The van der Waals surface area contributed by atoms with Crippen molar-refractivity contribution in [3.8, 4) is 5.75 Å². The first-order valence-corrected chi connectivity index (χ1v) is 6.71. The fraction of sp³-hybridized carbons (Fsp3) is 0.400. The maximum Gasteiger partial charge on any atom is 0.326 e. The molecule has 0 fully saturated rings. The molecule has 7 nitrogen and oxygen atoms in total. The lowest BCUT2D eigenvalue weighted by molar-refractivity contribution is -0.145. The molecule has 7 heteroatoms. The average Bonchev–Trinajstić information content (AvgIpc) is 2.48. The van der Waals surface area contributed by atoms with Gasteiger partial charge in [0.1, 0.15) is 11.8 Å². The molecule has 0 aliphatic heterocycles. The number of phenols is 1. The van der Waals surface area contributed by atoms with Gasteiger partial charge in [-0.2, -0.15) is 0 Å². The Morgan fingerprint density at radius 1 is 1.23 bits per heavy atom. The molecular formula is C15H19NO6. The summed E-state index contributed by atoms with van der Waals surface area (Å²) < 4.78 is 4.47. The third-order valence-electron chi connectivity index (χ3n) is 3.14. The van der Waals surface area contributed by atoms with Crippen LogP contribution in [-0.4, -0.2) is 41.2 Å². The van der Waals surface area contributed by atoms with Crippen LogP contribution in [0, 0.1) is 5.92 Å². The molecular weight excluding hydrogens is 290 g/mol. The van der Waals surface area contributed by atoms with Crippen LogP contribution in [0.4, 0.5) is 0 Å². The van der Waals surface area contributed by atoms with Gasteiger partial charge in [0.15, 0.2) is 0 Å². The first-order valence-electron chi connectivity index (χ1n) is 6.71. The molecule has 0 aliphatic carbocycles. The second-order valence-corrected chi connectivity index (χ2v) is 4.95. The predicted molar refractivity (Wildman–Crippen MR) is 77.2 cm³/mol. The summed E-state index contributed by atoms with van der Waals surface area (Å²) in [4.78, 5) is 34.3. The SMILES string of the molecule is COC(=O)CC(C)C(=O)N[C@@H](Cc1ccc(O)cc1)C(=O)O. The number of amides is 1. The maximum absolute atomic E-state index is 11.9. The lowest BCUT2D eigenvalue weighted by Gasteiger charge is -2.17. The number of benzene rings is 1. The van der Waals surface area contributed by atoms with Crippen molar-refractivity contribution in [2.24, 2.45) is 5.92 Å². The molecule has 0 aromatic heterocycles. The van der Waals surface area contributed by atoms with E-state index in [0.717, 1.165) is 0 Å². The lowest BCUT2D eigenvalue weighted by atomic mass is 10.0. The summed E-state index contributed by atoms with van der Waals surface area (Å²) in [6, 6.07) is 4.92. The number of hydrogen-bond donors (Lipinski definition) is 3. The van der Waals surface area contributed by atoms with E-state index in [-0.39, 0.29) is 18.6 Å². The zero-order chi connectivity index (χ0) is 16.7. The van der Waals surface area contributed by atoms with Crippen LogP contribution in [0.3, 0.4) is 0 Å². The van der Waals surface area contributed by atoms with E-state index in [0.29, 0.717) is 5.56 Å². The normalized spacial score (nSPS) is 13.0. The number of carboxylic acid groups (broad SMARTS) is 1. The number of carbonyl (C=O) groups is 3. The Hall–Kier alpha value is -2.57. The molecule has 0 radical (unpaired) electrons. The molecule has 3 N–H and O–H groups in total. The van der Waals surface area contributed by atoms with Crippen molar-refractivity contribution < 1.29 is 29.3 Å². The van der Waals surface area contributed by atoms with E-state index in [9.17, 15) is 24.6 Å². The van der Waals surface area contributed by atoms with Crippen LogP contribution in [0.1, 0.15) is 18.9 Å². The molecule has 22 heavy (non-hydrogen) atoms. The number of carbonyl (C=O) groups excluding carboxylic acids is 2. The highest BCUT2D eigenvalue weighted by Gasteiger charge is 2.24. The molecule has 0 saturated carbocycles. The van der Waals surface area contributed by atoms with Crippen LogP contribution < -0.4 is 5.32 Å². The zero-order valence-corrected chi connectivity index (χ0v) is 12.4. The molecule has 2 atom stereocenters. The third-order valence-corrected chi connectivity index (χ3v) is 3.14. The summed E-state index contributed by atoms with van der Waals surface area (Å²) in [7, 11) is 1.22. The van der Waals surface area contributed by atoms with Gasteiger partial charge in [-0.05, 0) is 17.7 Å². The minimum absolute atomic E-state index is 0.0753. The van der Waals surface area contributed by atoms with Gasteiger partial charge in [0, 0.05) is 12.3 Å². The van der Waals surface area contributed by atoms with E-state index in [4.69, 9.17) is 0 Å². The Morgan fingerprint density at radius 2 is 1.82 bits per heavy atom. The monoisotopic (exact) mass is 309 g/mol. The van der Waals surface area contributed by atoms with Crippen molar-refractivity contribution in [1.29, 1.82) is 0 Å². The average molecular weight is 309 g/mol. The van der Waals surface area contributed by atoms with Crippen molar-refractivity contribution in [1.82, 2.24) is 5.32 Å². The maximum atomic E-state index is 11.9. The van der Waals surface area contributed by atoms with E-state index in [1.54, 1.807) is 12.1 Å². The van der Waals surface area contributed by atoms with E-state index in [2.05, 4.69) is 10.1 Å². The molecule has 1 amide bonds. The Morgan fingerprint density at radius 3 is 2.32 bits per heavy atom. The highest BCUT2D eigenvalue weighted by atomic mass is 16.5. The number of rotatable bonds is 7. The Bertz CT molecular complexity index is 539. The van der Waals surface area contributed by atoms with Gasteiger partial charge < -0.3 is 20.3 Å². The Kier molecular flexibility index (Phi) is 6.37. The van der Waals surface area contributed by atoms with E-state index < -0.39 is 29.8 Å². The highest BCUT2D eigenvalue weighted by Crippen LogP contribution is 2.12. The smallest absolute Gasteiger partial charge is 0.326 e. The second kappa shape index (κ2) is 8.02. The summed E-state index contributed by atoms with van der Waals surface area (Å²) in [5, 5.41) is 20.8. The van der Waals surface area contributed by atoms with Crippen molar-refractivity contribution in [3.63, 3.8) is 0 Å². The van der Waals surface area contributed by atoms with Gasteiger partial charge in [-0.1, -0.05) is 19.1 Å². The molecule has 1 unspecified atom stereocenters. The number of carboxylic acids is 1. The standard InChI is InChI=1S/C15H19NO6/c1-9(7-13(18)22-2)14(19)16-12(15(20)21)8-10-3-5-11(17)6-4-10/h3-6,9,12,17H,7-8H2,1-2H3,(H,16,19)(H,20,21)/t9?,12-/m0/s1. The number of hydrogen-bond acceptors (Lipinski definition) is 5. The Balaban J connectivity index is 2.67. The number of aromatic hydroxyl groups is 1. The van der Waals surface area contributed by atoms with Gasteiger partial charge in [0.25, 0.3) is 0 Å². The van der Waals surface area contributed by atoms with Crippen molar-refractivity contribution in [2.45, 2.75) is 25.8 Å². The van der Waals surface area contributed by atoms with Gasteiger partial charge in [-0.15, -0.1) is 0 Å². The van der Waals surface area contributed by atoms with Crippen molar-refractivity contribution in [3.05, 3.63) is 29.8 Å². The van der Waals surface area contributed by atoms with Gasteiger partial charge in [0.2, 0.25) is 5.91 Å². The number of esters is 1. The third kappa shape index (κ3) is 5.43. The number of methoxy groups -OCH3 is 1. The molecule has 1 aromatic carbocycles. The minimum atomic E-state index is -1.17. The van der Waals surface area contributed by atoms with Gasteiger partial charge in [0.05, 0.1) is 13.5 Å². The summed E-state index contributed by atoms with van der Waals surface area (Å²) in [5.41, 5.74) is 0.658. The second-order valence-electron chi connectivity index (χ2n) is 4.95. The van der Waals surface area contributed by atoms with Crippen LogP contribution in [0.5, 0.6) is 5.75 Å². The first kappa shape index (κ1) is 17.5. The van der Waals surface area contributed by atoms with Crippen molar-refractivity contribution >= 4 is 17.8 Å². The molecule has 1 rings (SSSR count). The lowest BCUT2D eigenvalue weighted by Crippen LogP contribution is -2.44. The molecule has 0 spiro atoms. The molecule has 120 valence electrons. The first-order chi connectivity index (χ1) is 10.3. The van der Waals surface area contributed by atoms with E-state index in [1.165, 1.54) is 26.2 Å². The van der Waals surface area contributed by atoms with Crippen LogP contribution in [0.25, 0.3) is 0 Å². The highest BCUT2D eigenvalue weighted by molar-refractivity contribution is 5.87. The topological polar surface area (TPSA) is 113 Å². The number of phenolic OH excluding ortho intramolecular Hbond substituents is 1. The number of ether oxygens (including phenoxy) is 1. The van der Waals surface area contributed by atoms with Crippen LogP contribution in [-0.2, 0) is 25.5 Å². The largest absolute Gasteiger partial charge is 0.508 e. The van der Waals surface area contributed by atoms with Gasteiger partial charge in [-0.25, -0.2) is 4.79 Å². The summed E-state index contributed by atoms with van der Waals surface area (Å²) in [6.07, 6.45) is -0.0415. The van der Waals surface area contributed by atoms with Crippen LogP contribution in [0.2, 0.25) is 0 Å². The van der Waals surface area contributed by atoms with E-state index >= 15 is 0 Å². The van der Waals surface area contributed by atoms with E-state index in [1.807, 2.05) is 0 Å². The minimum Gasteiger partial charge on any atom is -0.508 e. The molecule has 1 aromatic rings. The van der Waals surface area contributed by atoms with Crippen molar-refractivity contribution in [2.75, 3.05) is 7.11 Å². The van der Waals surface area contributed by atoms with Gasteiger partial charge >= 0.3 is 11.9 Å². The summed E-state index contributed by atoms with van der Waals surface area (Å²) in [5.74, 6) is -2.85. The molecule has 0 bridgehead atoms. The van der Waals surface area contributed by atoms with Crippen LogP contribution in [0.15, 0.2) is 24.3 Å². The van der Waals surface area contributed by atoms with Gasteiger partial charge in [-0.3, -0.25) is 9.59 Å². The summed E-state index contributed by atoms with van der Waals surface area (Å²) in [6.45, 7) is 1.52. The number of nitrogens with one attached hydrogen (secondary N) is 1. The Labute approximate surface area is 127 Å². The fourth-order valence-corrected chi connectivity index (χ4v) is 1.81. The molecule has 0 saturated heterocycles. The zero-order valence-electron chi connectivity index (χ0n) is 12.4. The van der Waals surface area contributed by atoms with Crippen LogP contribution >= 0.6 is 0 Å². The quantitative estimate of drug-likeness (QED) is 0.639. The summed E-state index contributed by atoms with van der Waals surface area (Å²) >= 11 is 0. The number of aliphatic carboxylic acids is 1. The fourth-order valence-electron chi connectivity index (χ4n) is 1.81. The molecule has 0 aliphatic rings.